The number of hydrogen-bond acceptors (Lipinski definition) is 3. The first-order valence-electron chi connectivity index (χ1n) is 4.92. The largest absolute Gasteiger partial charge is 0.398 e. The van der Waals surface area contributed by atoms with Gasteiger partial charge in [0, 0.05) is 21.3 Å². The van der Waals surface area contributed by atoms with Gasteiger partial charge in [-0.25, -0.2) is 4.98 Å². The second-order valence-corrected chi connectivity index (χ2v) is 5.82. The Morgan fingerprint density at radius 3 is 2.88 bits per heavy atom. The van der Waals surface area contributed by atoms with E-state index < -0.39 is 0 Å². The number of anilines is 1. The molecule has 0 amide bonds. The predicted molar refractivity (Wildman–Crippen MR) is 76.7 cm³/mol. The second-order valence-electron chi connectivity index (χ2n) is 3.53. The van der Waals surface area contributed by atoms with Crippen LogP contribution < -0.4 is 5.73 Å². The maximum atomic E-state index is 6.07. The van der Waals surface area contributed by atoms with Gasteiger partial charge in [0.25, 0.3) is 0 Å². The lowest BCUT2D eigenvalue weighted by atomic mass is 10.2. The number of nitrogen functional groups attached to an aromatic ring is 1. The zero-order valence-corrected chi connectivity index (χ0v) is 12.2. The van der Waals surface area contributed by atoms with E-state index in [2.05, 4.69) is 20.9 Å². The summed E-state index contributed by atoms with van der Waals surface area (Å²) < 4.78 is 0.951. The van der Waals surface area contributed by atoms with Crippen molar-refractivity contribution in [2.24, 2.45) is 0 Å². The van der Waals surface area contributed by atoms with Gasteiger partial charge in [0.05, 0.1) is 5.02 Å². The minimum Gasteiger partial charge on any atom is -0.398 e. The molecule has 0 atom stereocenters. The number of hydrogen-bond donors (Lipinski definition) is 1. The molecule has 1 aromatic carbocycles. The zero-order valence-electron chi connectivity index (χ0n) is 9.08. The highest BCUT2D eigenvalue weighted by Gasteiger charge is 2.08. The quantitative estimate of drug-likeness (QED) is 0.822. The van der Waals surface area contributed by atoms with Gasteiger partial charge < -0.3 is 5.73 Å². The Balaban J connectivity index is 2.37. The molecular formula is C12H10BrClN2S. The maximum absolute atomic E-state index is 6.07. The van der Waals surface area contributed by atoms with E-state index in [-0.39, 0.29) is 0 Å². The van der Waals surface area contributed by atoms with Gasteiger partial charge in [-0.3, -0.25) is 0 Å². The Morgan fingerprint density at radius 1 is 1.41 bits per heavy atom. The van der Waals surface area contributed by atoms with Crippen LogP contribution in [0.4, 0.5) is 5.69 Å². The molecule has 17 heavy (non-hydrogen) atoms. The van der Waals surface area contributed by atoms with E-state index in [1.54, 1.807) is 6.20 Å². The van der Waals surface area contributed by atoms with Crippen LogP contribution in [0.25, 0.3) is 0 Å². The van der Waals surface area contributed by atoms with Crippen LogP contribution >= 0.6 is 39.3 Å². The molecule has 0 spiro atoms. The highest BCUT2D eigenvalue weighted by atomic mass is 79.9. The standard InChI is InChI=1S/C12H10BrClN2S/c1-7-5-11(8(13)6-10(7)15)17-12-9(14)3-2-4-16-12/h2-6H,15H2,1H3. The van der Waals surface area contributed by atoms with Gasteiger partial charge in [-0.05, 0) is 52.7 Å². The van der Waals surface area contributed by atoms with Crippen LogP contribution in [0, 0.1) is 6.92 Å². The number of rotatable bonds is 2. The Bertz CT molecular complexity index is 560. The topological polar surface area (TPSA) is 38.9 Å². The molecule has 0 saturated carbocycles. The zero-order chi connectivity index (χ0) is 12.4. The van der Waals surface area contributed by atoms with Crippen molar-refractivity contribution < 1.29 is 0 Å². The molecule has 2 aromatic rings. The number of nitrogens with zero attached hydrogens (tertiary/aromatic N) is 1. The van der Waals surface area contributed by atoms with Crippen LogP contribution in [-0.4, -0.2) is 4.98 Å². The van der Waals surface area contributed by atoms with Crippen LogP contribution in [0.3, 0.4) is 0 Å². The van der Waals surface area contributed by atoms with Crippen LogP contribution in [0.5, 0.6) is 0 Å². The summed E-state index contributed by atoms with van der Waals surface area (Å²) in [6.07, 6.45) is 1.73. The monoisotopic (exact) mass is 328 g/mol. The molecule has 5 heteroatoms. The molecule has 2 nitrogen and oxygen atoms in total. The van der Waals surface area contributed by atoms with Gasteiger partial charge in [-0.15, -0.1) is 0 Å². The Kier molecular flexibility index (Phi) is 3.97. The summed E-state index contributed by atoms with van der Waals surface area (Å²) in [5, 5.41) is 1.44. The Morgan fingerprint density at radius 2 is 2.18 bits per heavy atom. The molecule has 0 aliphatic heterocycles. The number of aromatic nitrogens is 1. The predicted octanol–water partition coefficient (Wildman–Crippen LogP) is 4.54. The summed E-state index contributed by atoms with van der Waals surface area (Å²) in [6, 6.07) is 7.56. The van der Waals surface area contributed by atoms with Crippen LogP contribution in [0.15, 0.2) is 44.9 Å². The van der Waals surface area contributed by atoms with E-state index in [1.165, 1.54) is 11.8 Å². The van der Waals surface area contributed by atoms with Crippen molar-refractivity contribution in [2.75, 3.05) is 5.73 Å². The Hall–Kier alpha value is -0.710. The van der Waals surface area contributed by atoms with E-state index in [0.717, 1.165) is 25.6 Å². The van der Waals surface area contributed by atoms with Gasteiger partial charge in [0.2, 0.25) is 0 Å². The van der Waals surface area contributed by atoms with Crippen molar-refractivity contribution in [3.8, 4) is 0 Å². The summed E-state index contributed by atoms with van der Waals surface area (Å²) in [4.78, 5) is 5.30. The number of nitrogens with two attached hydrogens (primary N) is 1. The number of halogens is 2. The van der Waals surface area contributed by atoms with Crippen molar-refractivity contribution in [3.63, 3.8) is 0 Å². The molecule has 0 unspecified atom stereocenters. The molecule has 1 aromatic heterocycles. The lowest BCUT2D eigenvalue weighted by Gasteiger charge is -2.08. The molecule has 0 bridgehead atoms. The van der Waals surface area contributed by atoms with E-state index in [1.807, 2.05) is 31.2 Å². The van der Waals surface area contributed by atoms with E-state index in [0.29, 0.717) is 5.02 Å². The first kappa shape index (κ1) is 12.7. The van der Waals surface area contributed by atoms with E-state index >= 15 is 0 Å². The fraction of sp³-hybridized carbons (Fsp3) is 0.0833. The van der Waals surface area contributed by atoms with Crippen molar-refractivity contribution >= 4 is 45.0 Å². The molecule has 0 aliphatic rings. The highest BCUT2D eigenvalue weighted by molar-refractivity contribution is 9.10. The molecule has 0 aliphatic carbocycles. The molecular weight excluding hydrogens is 320 g/mol. The third-order valence-electron chi connectivity index (χ3n) is 2.25. The average molecular weight is 330 g/mol. The molecule has 0 radical (unpaired) electrons. The molecule has 2 rings (SSSR count). The average Bonchev–Trinajstić information content (AvgIpc) is 2.29. The first-order valence-corrected chi connectivity index (χ1v) is 6.90. The number of benzene rings is 1. The number of pyridine rings is 1. The minimum atomic E-state index is 0.652. The fourth-order valence-corrected chi connectivity index (χ4v) is 3.02. The summed E-state index contributed by atoms with van der Waals surface area (Å²) >= 11 is 11.1. The third-order valence-corrected chi connectivity index (χ3v) is 4.66. The van der Waals surface area contributed by atoms with Crippen molar-refractivity contribution in [1.29, 1.82) is 0 Å². The summed E-state index contributed by atoms with van der Waals surface area (Å²) in [6.45, 7) is 1.98. The van der Waals surface area contributed by atoms with Gasteiger partial charge in [-0.2, -0.15) is 0 Å². The third kappa shape index (κ3) is 2.94. The summed E-state index contributed by atoms with van der Waals surface area (Å²) in [7, 11) is 0. The van der Waals surface area contributed by atoms with Crippen LogP contribution in [0.1, 0.15) is 5.56 Å². The number of aryl methyl sites for hydroxylation is 1. The summed E-state index contributed by atoms with van der Waals surface area (Å²) in [5.74, 6) is 0. The molecule has 0 saturated heterocycles. The van der Waals surface area contributed by atoms with Crippen molar-refractivity contribution in [1.82, 2.24) is 4.98 Å². The Labute approximate surface area is 118 Å². The van der Waals surface area contributed by atoms with Gasteiger partial charge >= 0.3 is 0 Å². The van der Waals surface area contributed by atoms with Crippen LogP contribution in [-0.2, 0) is 0 Å². The smallest absolute Gasteiger partial charge is 0.119 e. The van der Waals surface area contributed by atoms with Crippen LogP contribution in [0.2, 0.25) is 5.02 Å². The SMILES string of the molecule is Cc1cc(Sc2ncccc2Cl)c(Br)cc1N. The molecule has 2 N–H and O–H groups in total. The molecule has 0 fully saturated rings. The summed E-state index contributed by atoms with van der Waals surface area (Å²) in [5.41, 5.74) is 7.65. The van der Waals surface area contributed by atoms with Gasteiger partial charge in [0.1, 0.15) is 5.03 Å². The van der Waals surface area contributed by atoms with E-state index in [4.69, 9.17) is 17.3 Å². The van der Waals surface area contributed by atoms with E-state index in [9.17, 15) is 0 Å². The first-order chi connectivity index (χ1) is 8.08. The second kappa shape index (κ2) is 5.29. The molecule has 88 valence electrons. The van der Waals surface area contributed by atoms with Gasteiger partial charge in [0.15, 0.2) is 0 Å². The minimum absolute atomic E-state index is 0.652. The highest BCUT2D eigenvalue weighted by Crippen LogP contribution is 2.37. The maximum Gasteiger partial charge on any atom is 0.119 e. The normalized spacial score (nSPS) is 10.5. The van der Waals surface area contributed by atoms with Crippen molar-refractivity contribution in [2.45, 2.75) is 16.8 Å². The lowest BCUT2D eigenvalue weighted by molar-refractivity contribution is 1.13. The fourth-order valence-electron chi connectivity index (χ4n) is 1.30. The van der Waals surface area contributed by atoms with Crippen molar-refractivity contribution in [3.05, 3.63) is 45.5 Å². The van der Waals surface area contributed by atoms with Gasteiger partial charge in [-0.1, -0.05) is 23.4 Å². The molecule has 1 heterocycles. The lowest BCUT2D eigenvalue weighted by Crippen LogP contribution is -1.91.